The molecule has 0 heterocycles. The normalized spacial score (nSPS) is 21.4. The van der Waals surface area contributed by atoms with Gasteiger partial charge in [0.15, 0.2) is 0 Å². The van der Waals surface area contributed by atoms with Crippen LogP contribution in [-0.4, -0.2) is 19.0 Å². The highest BCUT2D eigenvalue weighted by atomic mass is 35.5. The van der Waals surface area contributed by atoms with Crippen LogP contribution in [0.3, 0.4) is 0 Å². The Morgan fingerprint density at radius 3 is 2.35 bits per heavy atom. The molecule has 2 rings (SSSR count). The smallest absolute Gasteiger partial charge is 0.227 e. The number of halogens is 1. The highest BCUT2D eigenvalue weighted by Gasteiger charge is 2.27. The second-order valence-electron chi connectivity index (χ2n) is 5.86. The summed E-state index contributed by atoms with van der Waals surface area (Å²) in [6, 6.07) is 6.43. The fourth-order valence-electron chi connectivity index (χ4n) is 2.97. The molecule has 1 aromatic carbocycles. The number of carbonyl (C=O) groups is 1. The first-order chi connectivity index (χ1) is 8.97. The van der Waals surface area contributed by atoms with E-state index in [-0.39, 0.29) is 24.4 Å². The number of hydrogen-bond acceptors (Lipinski definition) is 2. The molecule has 2 atom stereocenters. The molecule has 1 aliphatic rings. The number of rotatable bonds is 3. The van der Waals surface area contributed by atoms with Crippen LogP contribution < -0.4 is 10.6 Å². The molecule has 0 saturated heterocycles. The maximum Gasteiger partial charge on any atom is 0.227 e. The van der Waals surface area contributed by atoms with Gasteiger partial charge in [0.05, 0.1) is 0 Å². The van der Waals surface area contributed by atoms with Gasteiger partial charge in [-0.3, -0.25) is 4.79 Å². The quantitative estimate of drug-likeness (QED) is 0.931. The fourth-order valence-corrected chi connectivity index (χ4v) is 2.97. The number of carbonyl (C=O) groups excluding carboxylic acids is 1. The van der Waals surface area contributed by atoms with Crippen molar-refractivity contribution in [2.45, 2.75) is 45.6 Å². The molecule has 1 fully saturated rings. The van der Waals surface area contributed by atoms with Crippen molar-refractivity contribution in [3.63, 3.8) is 0 Å². The van der Waals surface area contributed by atoms with Gasteiger partial charge >= 0.3 is 0 Å². The zero-order valence-electron chi connectivity index (χ0n) is 12.6. The van der Waals surface area contributed by atoms with Crippen molar-refractivity contribution >= 4 is 24.0 Å². The van der Waals surface area contributed by atoms with Gasteiger partial charge in [-0.05, 0) is 55.9 Å². The molecule has 1 aromatic rings. The molecule has 0 unspecified atom stereocenters. The van der Waals surface area contributed by atoms with E-state index in [0.717, 1.165) is 24.9 Å². The molecular formula is C16H25ClN2O. The molecule has 4 heteroatoms. The highest BCUT2D eigenvalue weighted by Crippen LogP contribution is 2.28. The van der Waals surface area contributed by atoms with Crippen LogP contribution in [0.25, 0.3) is 0 Å². The van der Waals surface area contributed by atoms with Crippen LogP contribution in [0.1, 0.15) is 36.8 Å². The van der Waals surface area contributed by atoms with E-state index in [4.69, 9.17) is 5.73 Å². The monoisotopic (exact) mass is 296 g/mol. The molecule has 1 amide bonds. The summed E-state index contributed by atoms with van der Waals surface area (Å²) in [6.45, 7) is 4.11. The first kappa shape index (κ1) is 17.0. The molecule has 0 bridgehead atoms. The Bertz CT molecular complexity index is 455. The first-order valence-electron chi connectivity index (χ1n) is 7.08. The van der Waals surface area contributed by atoms with Crippen LogP contribution in [0.4, 0.5) is 5.69 Å². The van der Waals surface area contributed by atoms with Crippen LogP contribution >= 0.6 is 12.4 Å². The van der Waals surface area contributed by atoms with Crippen molar-refractivity contribution in [3.8, 4) is 0 Å². The third-order valence-electron chi connectivity index (χ3n) is 4.12. The molecule has 0 spiro atoms. The lowest BCUT2D eigenvalue weighted by Gasteiger charge is -2.22. The minimum absolute atomic E-state index is 0. The second kappa shape index (κ2) is 7.09. The SMILES string of the molecule is Cc1cc(C)cc(N(C)C(=O)C[C@@H]2CCC[C@H]2N)c1.Cl. The molecule has 0 aromatic heterocycles. The Hall–Kier alpha value is -1.06. The molecule has 1 aliphatic carbocycles. The lowest BCUT2D eigenvalue weighted by atomic mass is 9.99. The summed E-state index contributed by atoms with van der Waals surface area (Å²) in [5.41, 5.74) is 9.40. The van der Waals surface area contributed by atoms with E-state index in [1.165, 1.54) is 11.1 Å². The maximum atomic E-state index is 12.3. The van der Waals surface area contributed by atoms with Crippen molar-refractivity contribution in [2.75, 3.05) is 11.9 Å². The molecule has 112 valence electrons. The summed E-state index contributed by atoms with van der Waals surface area (Å²) in [5, 5.41) is 0. The molecule has 0 radical (unpaired) electrons. The fraction of sp³-hybridized carbons (Fsp3) is 0.562. The van der Waals surface area contributed by atoms with Crippen LogP contribution in [0.15, 0.2) is 18.2 Å². The van der Waals surface area contributed by atoms with E-state index in [1.54, 1.807) is 4.90 Å². The van der Waals surface area contributed by atoms with Crippen molar-refractivity contribution in [1.29, 1.82) is 0 Å². The molecule has 3 nitrogen and oxygen atoms in total. The summed E-state index contributed by atoms with van der Waals surface area (Å²) in [7, 11) is 1.86. The zero-order valence-corrected chi connectivity index (χ0v) is 13.4. The lowest BCUT2D eigenvalue weighted by Crippen LogP contribution is -2.33. The van der Waals surface area contributed by atoms with Gasteiger partial charge in [-0.1, -0.05) is 12.5 Å². The summed E-state index contributed by atoms with van der Waals surface area (Å²) < 4.78 is 0. The Kier molecular flexibility index (Phi) is 6.03. The molecule has 0 aliphatic heterocycles. The van der Waals surface area contributed by atoms with E-state index in [9.17, 15) is 4.79 Å². The Morgan fingerprint density at radius 2 is 1.85 bits per heavy atom. The van der Waals surface area contributed by atoms with Gasteiger partial charge in [-0.15, -0.1) is 12.4 Å². The number of benzene rings is 1. The minimum atomic E-state index is 0. The number of hydrogen-bond donors (Lipinski definition) is 1. The van der Waals surface area contributed by atoms with Gasteiger partial charge in [0, 0.05) is 25.2 Å². The standard InChI is InChI=1S/C16H24N2O.ClH/c1-11-7-12(2)9-14(8-11)18(3)16(19)10-13-5-4-6-15(13)17;/h7-9,13,15H,4-6,10,17H2,1-3H3;1H/t13-,15+;/m0./s1. The number of aryl methyl sites for hydroxylation is 2. The summed E-state index contributed by atoms with van der Waals surface area (Å²) in [5.74, 6) is 0.535. The van der Waals surface area contributed by atoms with Crippen molar-refractivity contribution < 1.29 is 4.79 Å². The second-order valence-corrected chi connectivity index (χ2v) is 5.86. The van der Waals surface area contributed by atoms with E-state index >= 15 is 0 Å². The number of amides is 1. The molecule has 20 heavy (non-hydrogen) atoms. The van der Waals surface area contributed by atoms with Gasteiger partial charge in [0.1, 0.15) is 0 Å². The molecule has 1 saturated carbocycles. The van der Waals surface area contributed by atoms with Crippen LogP contribution in [0.5, 0.6) is 0 Å². The van der Waals surface area contributed by atoms with Crippen molar-refractivity contribution in [3.05, 3.63) is 29.3 Å². The number of nitrogens with two attached hydrogens (primary N) is 1. The van der Waals surface area contributed by atoms with Crippen LogP contribution in [0.2, 0.25) is 0 Å². The summed E-state index contributed by atoms with van der Waals surface area (Å²) >= 11 is 0. The zero-order chi connectivity index (χ0) is 14.0. The average molecular weight is 297 g/mol. The molecular weight excluding hydrogens is 272 g/mol. The van der Waals surface area contributed by atoms with Crippen molar-refractivity contribution in [1.82, 2.24) is 0 Å². The average Bonchev–Trinajstić information content (AvgIpc) is 2.72. The summed E-state index contributed by atoms with van der Waals surface area (Å²) in [4.78, 5) is 14.1. The number of nitrogens with zero attached hydrogens (tertiary/aromatic N) is 1. The van der Waals surface area contributed by atoms with E-state index < -0.39 is 0 Å². The van der Waals surface area contributed by atoms with Gasteiger partial charge in [-0.25, -0.2) is 0 Å². The van der Waals surface area contributed by atoms with Gasteiger partial charge in [-0.2, -0.15) is 0 Å². The largest absolute Gasteiger partial charge is 0.327 e. The maximum absolute atomic E-state index is 12.3. The highest BCUT2D eigenvalue weighted by molar-refractivity contribution is 5.93. The predicted molar refractivity (Wildman–Crippen MR) is 86.5 cm³/mol. The minimum Gasteiger partial charge on any atom is -0.327 e. The first-order valence-corrected chi connectivity index (χ1v) is 7.08. The van der Waals surface area contributed by atoms with E-state index in [1.807, 2.05) is 7.05 Å². The lowest BCUT2D eigenvalue weighted by molar-refractivity contribution is -0.119. The van der Waals surface area contributed by atoms with Crippen LogP contribution in [0, 0.1) is 19.8 Å². The van der Waals surface area contributed by atoms with Crippen molar-refractivity contribution in [2.24, 2.45) is 11.7 Å². The molecule has 2 N–H and O–H groups in total. The topological polar surface area (TPSA) is 46.3 Å². The Morgan fingerprint density at radius 1 is 1.25 bits per heavy atom. The number of anilines is 1. The van der Waals surface area contributed by atoms with Crippen LogP contribution in [-0.2, 0) is 4.79 Å². The predicted octanol–water partition coefficient (Wildman–Crippen LogP) is 3.21. The van der Waals surface area contributed by atoms with E-state index in [0.29, 0.717) is 12.3 Å². The third-order valence-corrected chi connectivity index (χ3v) is 4.12. The van der Waals surface area contributed by atoms with Gasteiger partial charge in [0.2, 0.25) is 5.91 Å². The third kappa shape index (κ3) is 3.97. The van der Waals surface area contributed by atoms with E-state index in [2.05, 4.69) is 32.0 Å². The Labute approximate surface area is 127 Å². The van der Waals surface area contributed by atoms with Gasteiger partial charge < -0.3 is 10.6 Å². The van der Waals surface area contributed by atoms with Gasteiger partial charge in [0.25, 0.3) is 0 Å². The Balaban J connectivity index is 0.00000200. The summed E-state index contributed by atoms with van der Waals surface area (Å²) in [6.07, 6.45) is 3.88.